The Bertz CT molecular complexity index is 295. The first kappa shape index (κ1) is 15.1. The van der Waals surface area contributed by atoms with Gasteiger partial charge in [-0.1, -0.05) is 6.92 Å². The van der Waals surface area contributed by atoms with E-state index in [0.717, 1.165) is 31.2 Å². The van der Waals surface area contributed by atoms with Crippen molar-refractivity contribution in [2.45, 2.75) is 49.9 Å². The summed E-state index contributed by atoms with van der Waals surface area (Å²) in [7, 11) is 1.97. The highest BCUT2D eigenvalue weighted by Gasteiger charge is 2.30. The molecule has 0 radical (unpaired) electrons. The van der Waals surface area contributed by atoms with Crippen molar-refractivity contribution in [1.82, 2.24) is 10.2 Å². The van der Waals surface area contributed by atoms with Crippen LogP contribution < -0.4 is 5.32 Å². The van der Waals surface area contributed by atoms with Crippen molar-refractivity contribution < 1.29 is 9.53 Å². The van der Waals surface area contributed by atoms with E-state index in [-0.39, 0.29) is 11.9 Å². The highest BCUT2D eigenvalue weighted by molar-refractivity contribution is 7.99. The van der Waals surface area contributed by atoms with Crippen LogP contribution in [0.2, 0.25) is 0 Å². The lowest BCUT2D eigenvalue weighted by molar-refractivity contribution is -0.133. The summed E-state index contributed by atoms with van der Waals surface area (Å²) < 4.78 is 5.40. The minimum atomic E-state index is 0.200. The first-order valence-corrected chi connectivity index (χ1v) is 8.44. The van der Waals surface area contributed by atoms with Crippen LogP contribution in [0, 0.1) is 0 Å². The number of morpholine rings is 1. The smallest absolute Gasteiger partial charge is 0.224 e. The zero-order chi connectivity index (χ0) is 13.7. The number of carbonyl (C=O) groups is 1. The van der Waals surface area contributed by atoms with Crippen LogP contribution in [0.3, 0.4) is 0 Å². The minimum absolute atomic E-state index is 0.200. The zero-order valence-corrected chi connectivity index (χ0v) is 12.9. The van der Waals surface area contributed by atoms with Crippen LogP contribution in [0.5, 0.6) is 0 Å². The first-order valence-electron chi connectivity index (χ1n) is 7.39. The molecule has 1 aliphatic carbocycles. The van der Waals surface area contributed by atoms with E-state index in [1.54, 1.807) is 0 Å². The van der Waals surface area contributed by atoms with E-state index in [1.807, 2.05) is 23.7 Å². The molecule has 110 valence electrons. The summed E-state index contributed by atoms with van der Waals surface area (Å²) in [5.74, 6) is 1.44. The molecule has 0 aromatic carbocycles. The van der Waals surface area contributed by atoms with Gasteiger partial charge in [0, 0.05) is 37.3 Å². The summed E-state index contributed by atoms with van der Waals surface area (Å²) in [6.07, 6.45) is 4.15. The summed E-state index contributed by atoms with van der Waals surface area (Å²) in [5, 5.41) is 4.10. The lowest BCUT2D eigenvalue weighted by atomic mass is 10.1. The molecule has 0 bridgehead atoms. The summed E-state index contributed by atoms with van der Waals surface area (Å²) in [6.45, 7) is 4.50. The molecule has 4 nitrogen and oxygen atoms in total. The van der Waals surface area contributed by atoms with Crippen molar-refractivity contribution in [2.24, 2.45) is 0 Å². The average Bonchev–Trinajstić information content (AvgIpc) is 2.88. The number of hydrogen-bond donors (Lipinski definition) is 1. The van der Waals surface area contributed by atoms with E-state index >= 15 is 0 Å². The molecule has 0 aromatic heterocycles. The monoisotopic (exact) mass is 286 g/mol. The van der Waals surface area contributed by atoms with Crippen LogP contribution in [-0.4, -0.2) is 60.7 Å². The van der Waals surface area contributed by atoms with Crippen molar-refractivity contribution in [1.29, 1.82) is 0 Å². The standard InChI is InChI=1S/C14H26N2O2S/c1-3-19-13-5-4-12(9-13)16(2)14(17)8-11-10-18-7-6-15-11/h11-13,15H,3-10H2,1-2H3. The maximum absolute atomic E-state index is 12.3. The number of nitrogens with one attached hydrogen (secondary N) is 1. The van der Waals surface area contributed by atoms with Crippen LogP contribution in [0.15, 0.2) is 0 Å². The summed E-state index contributed by atoms with van der Waals surface area (Å²) in [5.41, 5.74) is 0. The average molecular weight is 286 g/mol. The largest absolute Gasteiger partial charge is 0.378 e. The van der Waals surface area contributed by atoms with Gasteiger partial charge in [-0.2, -0.15) is 11.8 Å². The highest BCUT2D eigenvalue weighted by atomic mass is 32.2. The van der Waals surface area contributed by atoms with Gasteiger partial charge in [0.15, 0.2) is 0 Å². The molecule has 2 fully saturated rings. The Hall–Kier alpha value is -0.260. The molecule has 1 heterocycles. The fourth-order valence-corrected chi connectivity index (χ4v) is 4.10. The molecule has 1 aliphatic heterocycles. The summed E-state index contributed by atoms with van der Waals surface area (Å²) in [4.78, 5) is 14.3. The number of rotatable bonds is 5. The molecule has 19 heavy (non-hydrogen) atoms. The zero-order valence-electron chi connectivity index (χ0n) is 12.1. The van der Waals surface area contributed by atoms with Crippen molar-refractivity contribution in [2.75, 3.05) is 32.6 Å². The third-order valence-corrected chi connectivity index (χ3v) is 5.35. The molecule has 3 atom stereocenters. The van der Waals surface area contributed by atoms with E-state index < -0.39 is 0 Å². The van der Waals surface area contributed by atoms with Gasteiger partial charge in [-0.15, -0.1) is 0 Å². The number of amides is 1. The molecule has 1 saturated carbocycles. The van der Waals surface area contributed by atoms with Crippen molar-refractivity contribution in [3.63, 3.8) is 0 Å². The van der Waals surface area contributed by atoms with E-state index in [0.29, 0.717) is 19.1 Å². The molecule has 0 spiro atoms. The van der Waals surface area contributed by atoms with Crippen LogP contribution >= 0.6 is 11.8 Å². The Kier molecular flexibility index (Phi) is 5.98. The van der Waals surface area contributed by atoms with Crippen LogP contribution in [-0.2, 0) is 9.53 Å². The Balaban J connectivity index is 1.75. The fourth-order valence-electron chi connectivity index (χ4n) is 2.97. The second kappa shape index (κ2) is 7.50. The molecular formula is C14H26N2O2S. The van der Waals surface area contributed by atoms with Gasteiger partial charge >= 0.3 is 0 Å². The third-order valence-electron chi connectivity index (χ3n) is 4.12. The maximum atomic E-state index is 12.3. The normalized spacial score (nSPS) is 31.4. The fraction of sp³-hybridized carbons (Fsp3) is 0.929. The predicted octanol–water partition coefficient (Wildman–Crippen LogP) is 1.50. The van der Waals surface area contributed by atoms with E-state index in [2.05, 4.69) is 12.2 Å². The van der Waals surface area contributed by atoms with E-state index in [9.17, 15) is 4.79 Å². The van der Waals surface area contributed by atoms with Gasteiger partial charge in [0.25, 0.3) is 0 Å². The van der Waals surface area contributed by atoms with Gasteiger partial charge in [0.2, 0.25) is 5.91 Å². The first-order chi connectivity index (χ1) is 9.20. The number of carbonyl (C=O) groups excluding carboxylic acids is 1. The van der Waals surface area contributed by atoms with E-state index in [1.165, 1.54) is 12.2 Å². The van der Waals surface area contributed by atoms with Gasteiger partial charge in [-0.05, 0) is 25.0 Å². The molecular weight excluding hydrogens is 260 g/mol. The topological polar surface area (TPSA) is 41.6 Å². The minimum Gasteiger partial charge on any atom is -0.378 e. The lowest BCUT2D eigenvalue weighted by Gasteiger charge is -2.29. The van der Waals surface area contributed by atoms with Crippen LogP contribution in [0.4, 0.5) is 0 Å². The van der Waals surface area contributed by atoms with Crippen molar-refractivity contribution in [3.8, 4) is 0 Å². The van der Waals surface area contributed by atoms with Gasteiger partial charge < -0.3 is 15.0 Å². The molecule has 1 amide bonds. The molecule has 1 saturated heterocycles. The molecule has 1 N–H and O–H groups in total. The van der Waals surface area contributed by atoms with E-state index in [4.69, 9.17) is 4.74 Å². The molecule has 5 heteroatoms. The Morgan fingerprint density at radius 1 is 1.47 bits per heavy atom. The lowest BCUT2D eigenvalue weighted by Crippen LogP contribution is -2.46. The quantitative estimate of drug-likeness (QED) is 0.831. The summed E-state index contributed by atoms with van der Waals surface area (Å²) >= 11 is 2.04. The summed E-state index contributed by atoms with van der Waals surface area (Å²) in [6, 6.07) is 0.645. The number of thioether (sulfide) groups is 1. The van der Waals surface area contributed by atoms with Gasteiger partial charge in [0.05, 0.1) is 13.2 Å². The van der Waals surface area contributed by atoms with Gasteiger partial charge in [-0.3, -0.25) is 4.79 Å². The number of hydrogen-bond acceptors (Lipinski definition) is 4. The Labute approximate surface area is 120 Å². The number of ether oxygens (including phenoxy) is 1. The van der Waals surface area contributed by atoms with Gasteiger partial charge in [-0.25, -0.2) is 0 Å². The third kappa shape index (κ3) is 4.36. The second-order valence-corrected chi connectivity index (χ2v) is 7.06. The Morgan fingerprint density at radius 2 is 2.32 bits per heavy atom. The van der Waals surface area contributed by atoms with Gasteiger partial charge in [0.1, 0.15) is 0 Å². The Morgan fingerprint density at radius 3 is 3.00 bits per heavy atom. The van der Waals surface area contributed by atoms with Crippen LogP contribution in [0.1, 0.15) is 32.6 Å². The molecule has 2 aliphatic rings. The maximum Gasteiger partial charge on any atom is 0.224 e. The highest BCUT2D eigenvalue weighted by Crippen LogP contribution is 2.32. The SMILES string of the molecule is CCSC1CCC(N(C)C(=O)CC2COCCN2)C1. The molecule has 2 rings (SSSR count). The van der Waals surface area contributed by atoms with Crippen molar-refractivity contribution in [3.05, 3.63) is 0 Å². The number of nitrogens with zero attached hydrogens (tertiary/aromatic N) is 1. The van der Waals surface area contributed by atoms with Crippen molar-refractivity contribution >= 4 is 17.7 Å². The second-order valence-electron chi connectivity index (χ2n) is 5.48. The molecule has 3 unspecified atom stereocenters. The van der Waals surface area contributed by atoms with Crippen LogP contribution in [0.25, 0.3) is 0 Å². The predicted molar refractivity (Wildman–Crippen MR) is 79.6 cm³/mol. The molecule has 0 aromatic rings.